The van der Waals surface area contributed by atoms with E-state index >= 15 is 0 Å². The van der Waals surface area contributed by atoms with Crippen LogP contribution in [-0.2, 0) is 14.8 Å². The van der Waals surface area contributed by atoms with E-state index < -0.39 is 27.8 Å². The van der Waals surface area contributed by atoms with Gasteiger partial charge in [-0.1, -0.05) is 13.8 Å². The van der Waals surface area contributed by atoms with Gasteiger partial charge >= 0.3 is 5.97 Å². The number of aromatic carboxylic acids is 1. The fourth-order valence-electron chi connectivity index (χ4n) is 1.71. The van der Waals surface area contributed by atoms with Crippen LogP contribution >= 0.6 is 0 Å². The highest BCUT2D eigenvalue weighted by molar-refractivity contribution is 7.89. The zero-order chi connectivity index (χ0) is 16.2. The summed E-state index contributed by atoms with van der Waals surface area (Å²) >= 11 is 0. The first-order valence-corrected chi connectivity index (χ1v) is 8.11. The van der Waals surface area contributed by atoms with Gasteiger partial charge in [0.25, 0.3) is 0 Å². The molecule has 1 heterocycles. The lowest BCUT2D eigenvalue weighted by atomic mass is 10.1. The minimum atomic E-state index is -3.87. The Morgan fingerprint density at radius 2 is 2.10 bits per heavy atom. The number of ether oxygens (including phenoxy) is 1. The van der Waals surface area contributed by atoms with Gasteiger partial charge in [-0.2, -0.15) is 0 Å². The molecule has 8 heteroatoms. The second-order valence-corrected chi connectivity index (χ2v) is 6.65. The summed E-state index contributed by atoms with van der Waals surface area (Å²) in [5, 5.41) is 8.85. The maximum Gasteiger partial charge on any atom is 0.371 e. The van der Waals surface area contributed by atoms with Crippen LogP contribution in [0.2, 0.25) is 0 Å². The third kappa shape index (κ3) is 4.55. The van der Waals surface area contributed by atoms with Gasteiger partial charge in [0.1, 0.15) is 10.7 Å². The van der Waals surface area contributed by atoms with E-state index in [1.165, 1.54) is 6.92 Å². The van der Waals surface area contributed by atoms with Crippen molar-refractivity contribution in [2.45, 2.75) is 38.6 Å². The van der Waals surface area contributed by atoms with E-state index in [4.69, 9.17) is 14.3 Å². The summed E-state index contributed by atoms with van der Waals surface area (Å²) in [4.78, 5) is 10.7. The largest absolute Gasteiger partial charge is 0.475 e. The van der Waals surface area contributed by atoms with Crippen molar-refractivity contribution in [3.8, 4) is 0 Å². The number of furan rings is 1. The Kier molecular flexibility index (Phi) is 5.94. The summed E-state index contributed by atoms with van der Waals surface area (Å²) in [5.74, 6) is -1.65. The second kappa shape index (κ2) is 7.06. The van der Waals surface area contributed by atoms with Crippen molar-refractivity contribution in [2.75, 3.05) is 13.2 Å². The summed E-state index contributed by atoms with van der Waals surface area (Å²) < 4.78 is 37.4. The third-order valence-electron chi connectivity index (χ3n) is 2.99. The molecule has 1 atom stereocenters. The van der Waals surface area contributed by atoms with Crippen molar-refractivity contribution in [3.63, 3.8) is 0 Å². The number of hydrogen-bond donors (Lipinski definition) is 2. The van der Waals surface area contributed by atoms with Crippen molar-refractivity contribution in [1.82, 2.24) is 4.72 Å². The van der Waals surface area contributed by atoms with Crippen LogP contribution < -0.4 is 4.72 Å². The van der Waals surface area contributed by atoms with Crippen molar-refractivity contribution >= 4 is 16.0 Å². The highest BCUT2D eigenvalue weighted by atomic mass is 32.2. The maximum atomic E-state index is 12.3. The molecule has 0 amide bonds. The summed E-state index contributed by atoms with van der Waals surface area (Å²) in [7, 11) is -3.87. The summed E-state index contributed by atoms with van der Waals surface area (Å²) in [5.41, 5.74) is 0. The van der Waals surface area contributed by atoms with Gasteiger partial charge < -0.3 is 14.3 Å². The minimum absolute atomic E-state index is 0.0254. The lowest BCUT2D eigenvalue weighted by Crippen LogP contribution is -2.41. The fraction of sp³-hybridized carbons (Fsp3) is 0.615. The van der Waals surface area contributed by atoms with E-state index in [-0.39, 0.29) is 23.2 Å². The molecule has 0 aromatic carbocycles. The number of carbonyl (C=O) groups is 1. The molecular weight excluding hydrogens is 298 g/mol. The Hall–Kier alpha value is -1.38. The molecule has 1 rings (SSSR count). The number of carboxylic acids is 1. The molecule has 0 aliphatic carbocycles. The predicted molar refractivity (Wildman–Crippen MR) is 75.8 cm³/mol. The third-order valence-corrected chi connectivity index (χ3v) is 4.58. The van der Waals surface area contributed by atoms with Crippen LogP contribution in [0.15, 0.2) is 15.4 Å². The topological polar surface area (TPSA) is 106 Å². The van der Waals surface area contributed by atoms with Crippen LogP contribution in [0.5, 0.6) is 0 Å². The molecule has 0 saturated carbocycles. The van der Waals surface area contributed by atoms with E-state index in [1.54, 1.807) is 0 Å². The molecule has 1 aromatic heterocycles. The van der Waals surface area contributed by atoms with Crippen LogP contribution in [0.1, 0.15) is 37.1 Å². The van der Waals surface area contributed by atoms with Crippen LogP contribution in [0.25, 0.3) is 0 Å². The molecule has 0 saturated heterocycles. The van der Waals surface area contributed by atoms with Crippen LogP contribution in [0, 0.1) is 12.8 Å². The van der Waals surface area contributed by atoms with Gasteiger partial charge in [-0.15, -0.1) is 0 Å². The lowest BCUT2D eigenvalue weighted by Gasteiger charge is -2.21. The van der Waals surface area contributed by atoms with Gasteiger partial charge in [-0.25, -0.2) is 17.9 Å². The molecule has 0 bridgehead atoms. The average molecular weight is 319 g/mol. The van der Waals surface area contributed by atoms with Crippen LogP contribution in [0.4, 0.5) is 0 Å². The number of hydrogen-bond acceptors (Lipinski definition) is 5. The quantitative estimate of drug-likeness (QED) is 0.754. The molecule has 21 heavy (non-hydrogen) atoms. The summed E-state index contributed by atoms with van der Waals surface area (Å²) in [6.45, 7) is 7.71. The van der Waals surface area contributed by atoms with E-state index in [9.17, 15) is 13.2 Å². The zero-order valence-electron chi connectivity index (χ0n) is 12.5. The molecular formula is C13H21NO6S. The van der Waals surface area contributed by atoms with Gasteiger partial charge in [0.2, 0.25) is 15.8 Å². The first-order valence-electron chi connectivity index (χ1n) is 6.62. The van der Waals surface area contributed by atoms with Gasteiger partial charge in [-0.05, 0) is 19.8 Å². The van der Waals surface area contributed by atoms with Crippen LogP contribution in [-0.4, -0.2) is 38.7 Å². The van der Waals surface area contributed by atoms with Crippen molar-refractivity contribution in [2.24, 2.45) is 5.92 Å². The van der Waals surface area contributed by atoms with Crippen molar-refractivity contribution in [3.05, 3.63) is 17.6 Å². The first kappa shape index (κ1) is 17.7. The average Bonchev–Trinajstić information content (AvgIpc) is 2.77. The standard InChI is InChI=1S/C13H21NO6S/c1-5-19-7-10(8(2)3)14-21(17,18)12-6-11(13(15)16)20-9(12)4/h6,8,10,14H,5,7H2,1-4H3,(H,15,16). The fourth-order valence-corrected chi connectivity index (χ4v) is 3.26. The van der Waals surface area contributed by atoms with E-state index in [2.05, 4.69) is 4.72 Å². The Labute approximate surface area is 124 Å². The maximum absolute atomic E-state index is 12.3. The second-order valence-electron chi connectivity index (χ2n) is 4.97. The molecule has 1 aromatic rings. The Balaban J connectivity index is 3.01. The molecule has 0 aliphatic rings. The Bertz CT molecular complexity index is 590. The van der Waals surface area contributed by atoms with E-state index in [0.717, 1.165) is 6.07 Å². The molecule has 1 unspecified atom stereocenters. The van der Waals surface area contributed by atoms with Gasteiger partial charge in [0, 0.05) is 18.7 Å². The molecule has 0 radical (unpaired) electrons. The summed E-state index contributed by atoms with van der Waals surface area (Å²) in [6, 6.07) is 0.607. The van der Waals surface area contributed by atoms with Crippen molar-refractivity contribution < 1.29 is 27.5 Å². The Morgan fingerprint density at radius 3 is 2.52 bits per heavy atom. The highest BCUT2D eigenvalue weighted by Gasteiger charge is 2.27. The molecule has 0 aliphatic heterocycles. The predicted octanol–water partition coefficient (Wildman–Crippen LogP) is 1.63. The Morgan fingerprint density at radius 1 is 1.48 bits per heavy atom. The summed E-state index contributed by atoms with van der Waals surface area (Å²) in [6.07, 6.45) is 0. The van der Waals surface area contributed by atoms with Gasteiger partial charge in [0.05, 0.1) is 6.61 Å². The molecule has 120 valence electrons. The SMILES string of the molecule is CCOCC(NS(=O)(=O)c1cc(C(=O)O)oc1C)C(C)C. The number of sulfonamides is 1. The minimum Gasteiger partial charge on any atom is -0.475 e. The molecule has 0 spiro atoms. The number of nitrogens with one attached hydrogen (secondary N) is 1. The van der Waals surface area contributed by atoms with Gasteiger partial charge in [-0.3, -0.25) is 0 Å². The highest BCUT2D eigenvalue weighted by Crippen LogP contribution is 2.21. The molecule has 0 fully saturated rings. The van der Waals surface area contributed by atoms with E-state index in [1.807, 2.05) is 20.8 Å². The number of aryl methyl sites for hydroxylation is 1. The smallest absolute Gasteiger partial charge is 0.371 e. The monoisotopic (exact) mass is 319 g/mol. The first-order chi connectivity index (χ1) is 9.69. The van der Waals surface area contributed by atoms with Gasteiger partial charge in [0.15, 0.2) is 0 Å². The number of rotatable bonds is 8. The molecule has 7 nitrogen and oxygen atoms in total. The number of carboxylic acid groups (broad SMARTS) is 1. The van der Waals surface area contributed by atoms with E-state index in [0.29, 0.717) is 6.61 Å². The van der Waals surface area contributed by atoms with Crippen LogP contribution in [0.3, 0.4) is 0 Å². The molecule has 2 N–H and O–H groups in total. The lowest BCUT2D eigenvalue weighted by molar-refractivity contribution is 0.0661. The van der Waals surface area contributed by atoms with Crippen molar-refractivity contribution in [1.29, 1.82) is 0 Å². The zero-order valence-corrected chi connectivity index (χ0v) is 13.4. The normalized spacial score (nSPS) is 13.6.